The molecule has 0 spiro atoms. The number of hydrogen-bond donors (Lipinski definition) is 2. The number of anilines is 2. The highest BCUT2D eigenvalue weighted by Crippen LogP contribution is 2.27. The largest absolute Gasteiger partial charge is 0.486 e. The number of nitrogen functional groups attached to an aromatic ring is 2. The first kappa shape index (κ1) is 9.71. The summed E-state index contributed by atoms with van der Waals surface area (Å²) in [5.74, 6) is 0.646. The highest BCUT2D eigenvalue weighted by atomic mass is 16.5. The molecule has 3 heteroatoms. The van der Waals surface area contributed by atoms with Gasteiger partial charge in [-0.15, -0.1) is 0 Å². The SMILES string of the molecule is CC(C)(C)Oc1cc(N)ccc1N. The van der Waals surface area contributed by atoms with Crippen molar-refractivity contribution in [3.8, 4) is 5.75 Å². The topological polar surface area (TPSA) is 61.3 Å². The number of rotatable bonds is 1. The molecule has 3 nitrogen and oxygen atoms in total. The first-order valence-electron chi connectivity index (χ1n) is 4.22. The van der Waals surface area contributed by atoms with Gasteiger partial charge in [-0.1, -0.05) is 0 Å². The van der Waals surface area contributed by atoms with Crippen LogP contribution in [0.2, 0.25) is 0 Å². The third-order valence-electron chi connectivity index (χ3n) is 1.45. The molecule has 0 bridgehead atoms. The standard InChI is InChI=1S/C10H16N2O/c1-10(2,3)13-9-6-7(11)4-5-8(9)12/h4-6H,11-12H2,1-3H3. The van der Waals surface area contributed by atoms with Gasteiger partial charge < -0.3 is 16.2 Å². The van der Waals surface area contributed by atoms with Crippen LogP contribution in [0.15, 0.2) is 18.2 Å². The van der Waals surface area contributed by atoms with Crippen LogP contribution in [-0.4, -0.2) is 5.60 Å². The van der Waals surface area contributed by atoms with Crippen molar-refractivity contribution in [1.29, 1.82) is 0 Å². The van der Waals surface area contributed by atoms with Crippen LogP contribution in [-0.2, 0) is 0 Å². The average Bonchev–Trinajstić information content (AvgIpc) is 1.94. The van der Waals surface area contributed by atoms with Gasteiger partial charge in [-0.3, -0.25) is 0 Å². The van der Waals surface area contributed by atoms with Crippen LogP contribution in [0.4, 0.5) is 11.4 Å². The smallest absolute Gasteiger partial charge is 0.145 e. The summed E-state index contributed by atoms with van der Waals surface area (Å²) in [4.78, 5) is 0. The highest BCUT2D eigenvalue weighted by molar-refractivity contribution is 5.59. The minimum Gasteiger partial charge on any atom is -0.486 e. The summed E-state index contributed by atoms with van der Waals surface area (Å²) in [5, 5.41) is 0. The number of ether oxygens (including phenoxy) is 1. The van der Waals surface area contributed by atoms with E-state index < -0.39 is 0 Å². The van der Waals surface area contributed by atoms with E-state index in [1.54, 1.807) is 18.2 Å². The molecule has 0 saturated heterocycles. The molecule has 0 aliphatic rings. The van der Waals surface area contributed by atoms with Gasteiger partial charge in [0.1, 0.15) is 11.4 Å². The van der Waals surface area contributed by atoms with E-state index in [0.717, 1.165) is 0 Å². The van der Waals surface area contributed by atoms with E-state index in [4.69, 9.17) is 16.2 Å². The van der Waals surface area contributed by atoms with E-state index in [-0.39, 0.29) is 5.60 Å². The molecule has 0 aromatic heterocycles. The molecule has 0 atom stereocenters. The minimum absolute atomic E-state index is 0.248. The first-order valence-corrected chi connectivity index (χ1v) is 4.22. The lowest BCUT2D eigenvalue weighted by Gasteiger charge is -2.22. The van der Waals surface area contributed by atoms with Crippen LogP contribution >= 0.6 is 0 Å². The summed E-state index contributed by atoms with van der Waals surface area (Å²) in [7, 11) is 0. The Bertz CT molecular complexity index is 302. The molecule has 1 aromatic carbocycles. The van der Waals surface area contributed by atoms with Crippen LogP contribution in [0.3, 0.4) is 0 Å². The van der Waals surface area contributed by atoms with Crippen LogP contribution < -0.4 is 16.2 Å². The summed E-state index contributed by atoms with van der Waals surface area (Å²) < 4.78 is 5.61. The van der Waals surface area contributed by atoms with Crippen LogP contribution in [0.1, 0.15) is 20.8 Å². The molecule has 0 amide bonds. The summed E-state index contributed by atoms with van der Waals surface area (Å²) in [6.45, 7) is 5.90. The molecule has 72 valence electrons. The molecule has 0 aliphatic heterocycles. The van der Waals surface area contributed by atoms with E-state index in [1.165, 1.54) is 0 Å². The fourth-order valence-corrected chi connectivity index (χ4v) is 0.969. The van der Waals surface area contributed by atoms with Crippen LogP contribution in [0, 0.1) is 0 Å². The van der Waals surface area contributed by atoms with Crippen molar-refractivity contribution in [3.05, 3.63) is 18.2 Å². The second-order valence-electron chi connectivity index (χ2n) is 4.01. The van der Waals surface area contributed by atoms with Crippen LogP contribution in [0.25, 0.3) is 0 Å². The van der Waals surface area contributed by atoms with Crippen molar-refractivity contribution in [2.75, 3.05) is 11.5 Å². The molecule has 0 unspecified atom stereocenters. The Labute approximate surface area is 78.7 Å². The molecule has 0 saturated carbocycles. The van der Waals surface area contributed by atoms with Gasteiger partial charge in [-0.2, -0.15) is 0 Å². The van der Waals surface area contributed by atoms with Crippen molar-refractivity contribution in [3.63, 3.8) is 0 Å². The maximum Gasteiger partial charge on any atom is 0.145 e. The van der Waals surface area contributed by atoms with Gasteiger partial charge in [0.05, 0.1) is 5.69 Å². The molecule has 0 radical (unpaired) electrons. The van der Waals surface area contributed by atoms with Crippen molar-refractivity contribution < 1.29 is 4.74 Å². The molecular weight excluding hydrogens is 164 g/mol. The zero-order valence-electron chi connectivity index (χ0n) is 8.29. The predicted molar refractivity (Wildman–Crippen MR) is 55.6 cm³/mol. The zero-order chi connectivity index (χ0) is 10.1. The zero-order valence-corrected chi connectivity index (χ0v) is 8.29. The van der Waals surface area contributed by atoms with Gasteiger partial charge in [0.25, 0.3) is 0 Å². The Morgan fingerprint density at radius 1 is 1.15 bits per heavy atom. The quantitative estimate of drug-likeness (QED) is 0.650. The predicted octanol–water partition coefficient (Wildman–Crippen LogP) is 2.03. The van der Waals surface area contributed by atoms with Gasteiger partial charge in [-0.25, -0.2) is 0 Å². The fourth-order valence-electron chi connectivity index (χ4n) is 0.969. The summed E-state index contributed by atoms with van der Waals surface area (Å²) in [6, 6.07) is 5.24. The Hall–Kier alpha value is -1.38. The third-order valence-corrected chi connectivity index (χ3v) is 1.45. The highest BCUT2D eigenvalue weighted by Gasteiger charge is 2.13. The lowest BCUT2D eigenvalue weighted by atomic mass is 10.2. The lowest BCUT2D eigenvalue weighted by Crippen LogP contribution is -2.23. The van der Waals surface area contributed by atoms with Gasteiger partial charge >= 0.3 is 0 Å². The van der Waals surface area contributed by atoms with E-state index in [1.807, 2.05) is 20.8 Å². The second-order valence-corrected chi connectivity index (χ2v) is 4.01. The van der Waals surface area contributed by atoms with Gasteiger partial charge in [0, 0.05) is 11.8 Å². The number of hydrogen-bond acceptors (Lipinski definition) is 3. The summed E-state index contributed by atoms with van der Waals surface area (Å²) >= 11 is 0. The van der Waals surface area contributed by atoms with Crippen molar-refractivity contribution in [1.82, 2.24) is 0 Å². The number of benzene rings is 1. The molecule has 4 N–H and O–H groups in total. The first-order chi connectivity index (χ1) is 5.88. The average molecular weight is 180 g/mol. The maximum atomic E-state index is 5.72. The molecular formula is C10H16N2O. The molecule has 0 heterocycles. The van der Waals surface area contributed by atoms with E-state index in [9.17, 15) is 0 Å². The Balaban J connectivity index is 2.94. The van der Waals surface area contributed by atoms with Crippen molar-refractivity contribution >= 4 is 11.4 Å². The second kappa shape index (κ2) is 3.17. The van der Waals surface area contributed by atoms with Gasteiger partial charge in [0.15, 0.2) is 0 Å². The van der Waals surface area contributed by atoms with E-state index in [0.29, 0.717) is 17.1 Å². The Morgan fingerprint density at radius 2 is 1.77 bits per heavy atom. The van der Waals surface area contributed by atoms with Crippen molar-refractivity contribution in [2.45, 2.75) is 26.4 Å². The molecule has 1 rings (SSSR count). The third kappa shape index (κ3) is 2.86. The number of nitrogens with two attached hydrogens (primary N) is 2. The summed E-state index contributed by atoms with van der Waals surface area (Å²) in [5.41, 5.74) is 12.4. The van der Waals surface area contributed by atoms with Gasteiger partial charge in [-0.05, 0) is 32.9 Å². The summed E-state index contributed by atoms with van der Waals surface area (Å²) in [6.07, 6.45) is 0. The fraction of sp³-hybridized carbons (Fsp3) is 0.400. The molecule has 13 heavy (non-hydrogen) atoms. The maximum absolute atomic E-state index is 5.72. The monoisotopic (exact) mass is 180 g/mol. The van der Waals surface area contributed by atoms with Crippen LogP contribution in [0.5, 0.6) is 5.75 Å². The van der Waals surface area contributed by atoms with E-state index >= 15 is 0 Å². The van der Waals surface area contributed by atoms with E-state index in [2.05, 4.69) is 0 Å². The lowest BCUT2D eigenvalue weighted by molar-refractivity contribution is 0.132. The molecule has 0 aliphatic carbocycles. The normalized spacial score (nSPS) is 11.3. The van der Waals surface area contributed by atoms with Gasteiger partial charge in [0.2, 0.25) is 0 Å². The molecule has 0 fully saturated rings. The van der Waals surface area contributed by atoms with Crippen molar-refractivity contribution in [2.24, 2.45) is 0 Å². The Morgan fingerprint density at radius 3 is 2.31 bits per heavy atom. The minimum atomic E-state index is -0.248. The Kier molecular flexibility index (Phi) is 2.36. The molecule has 1 aromatic rings.